The number of rotatable bonds is 5. The summed E-state index contributed by atoms with van der Waals surface area (Å²) in [6.45, 7) is 1.24. The van der Waals surface area contributed by atoms with Gasteiger partial charge in [-0.3, -0.25) is 0 Å². The second kappa shape index (κ2) is 8.71. The van der Waals surface area contributed by atoms with Crippen molar-refractivity contribution in [3.05, 3.63) is 29.3 Å². The molecular formula is C18H24O3. The molecule has 0 saturated heterocycles. The van der Waals surface area contributed by atoms with E-state index < -0.39 is 0 Å². The summed E-state index contributed by atoms with van der Waals surface area (Å²) in [4.78, 5) is 0. The van der Waals surface area contributed by atoms with Gasteiger partial charge in [-0.25, -0.2) is 0 Å². The van der Waals surface area contributed by atoms with Crippen LogP contribution >= 0.6 is 0 Å². The Labute approximate surface area is 127 Å². The Balaban J connectivity index is 1.95. The van der Waals surface area contributed by atoms with Crippen molar-refractivity contribution in [2.24, 2.45) is 5.92 Å². The highest BCUT2D eigenvalue weighted by Gasteiger charge is 2.13. The molecule has 0 aliphatic heterocycles. The molecule has 1 saturated carbocycles. The second-order valence-corrected chi connectivity index (χ2v) is 5.50. The van der Waals surface area contributed by atoms with Crippen molar-refractivity contribution in [1.82, 2.24) is 0 Å². The average molecular weight is 288 g/mol. The molecule has 114 valence electrons. The smallest absolute Gasteiger partial charge is 0.119 e. The fraction of sp³-hybridized carbons (Fsp3) is 0.556. The van der Waals surface area contributed by atoms with Gasteiger partial charge in [0.15, 0.2) is 0 Å². The molecule has 1 aliphatic carbocycles. The third-order valence-corrected chi connectivity index (χ3v) is 3.95. The number of benzene rings is 1. The fourth-order valence-electron chi connectivity index (χ4n) is 2.76. The molecule has 0 unspecified atom stereocenters. The number of hydrogen-bond acceptors (Lipinski definition) is 3. The Bertz CT molecular complexity index is 493. The SMILES string of the molecule is COc1ccc(C#CCO)c(COCC2CCCCC2)c1. The van der Waals surface area contributed by atoms with E-state index in [1.807, 2.05) is 18.2 Å². The zero-order valence-electron chi connectivity index (χ0n) is 12.7. The summed E-state index contributed by atoms with van der Waals surface area (Å²) in [7, 11) is 1.65. The van der Waals surface area contributed by atoms with Crippen LogP contribution in [0.2, 0.25) is 0 Å². The number of methoxy groups -OCH3 is 1. The lowest BCUT2D eigenvalue weighted by Gasteiger charge is -2.21. The lowest BCUT2D eigenvalue weighted by molar-refractivity contribution is 0.0737. The van der Waals surface area contributed by atoms with Gasteiger partial charge in [-0.05, 0) is 42.5 Å². The average Bonchev–Trinajstić information content (AvgIpc) is 2.54. The van der Waals surface area contributed by atoms with Crippen LogP contribution in [0.1, 0.15) is 43.2 Å². The molecule has 0 bridgehead atoms. The van der Waals surface area contributed by atoms with Crippen molar-refractivity contribution >= 4 is 0 Å². The van der Waals surface area contributed by atoms with Crippen LogP contribution in [0.3, 0.4) is 0 Å². The van der Waals surface area contributed by atoms with E-state index in [0.29, 0.717) is 12.5 Å². The van der Waals surface area contributed by atoms with Gasteiger partial charge in [0, 0.05) is 12.2 Å². The molecule has 21 heavy (non-hydrogen) atoms. The molecule has 0 heterocycles. The van der Waals surface area contributed by atoms with Gasteiger partial charge in [0.25, 0.3) is 0 Å². The van der Waals surface area contributed by atoms with Gasteiger partial charge < -0.3 is 14.6 Å². The highest BCUT2D eigenvalue weighted by atomic mass is 16.5. The number of ether oxygens (including phenoxy) is 2. The largest absolute Gasteiger partial charge is 0.497 e. The Morgan fingerprint density at radius 3 is 2.76 bits per heavy atom. The molecule has 1 fully saturated rings. The van der Waals surface area contributed by atoms with Crippen molar-refractivity contribution in [3.8, 4) is 17.6 Å². The van der Waals surface area contributed by atoms with Gasteiger partial charge in [-0.1, -0.05) is 31.1 Å². The van der Waals surface area contributed by atoms with E-state index in [4.69, 9.17) is 14.6 Å². The Hall–Kier alpha value is -1.50. The molecular weight excluding hydrogens is 264 g/mol. The highest BCUT2D eigenvalue weighted by molar-refractivity contribution is 5.45. The van der Waals surface area contributed by atoms with E-state index in [2.05, 4.69) is 11.8 Å². The van der Waals surface area contributed by atoms with Crippen molar-refractivity contribution in [2.75, 3.05) is 20.3 Å². The predicted molar refractivity (Wildman–Crippen MR) is 83.2 cm³/mol. The van der Waals surface area contributed by atoms with Gasteiger partial charge >= 0.3 is 0 Å². The van der Waals surface area contributed by atoms with Crippen molar-refractivity contribution in [2.45, 2.75) is 38.7 Å². The van der Waals surface area contributed by atoms with Crippen molar-refractivity contribution in [3.63, 3.8) is 0 Å². The van der Waals surface area contributed by atoms with Gasteiger partial charge in [0.1, 0.15) is 12.4 Å². The lowest BCUT2D eigenvalue weighted by Crippen LogP contribution is -2.13. The minimum atomic E-state index is -0.131. The summed E-state index contributed by atoms with van der Waals surface area (Å²) in [5, 5.41) is 8.84. The Morgan fingerprint density at radius 1 is 1.24 bits per heavy atom. The normalized spacial score (nSPS) is 15.3. The van der Waals surface area contributed by atoms with Gasteiger partial charge in [-0.15, -0.1) is 0 Å². The minimum absolute atomic E-state index is 0.131. The molecule has 0 atom stereocenters. The third kappa shape index (κ3) is 5.08. The maximum absolute atomic E-state index is 8.84. The van der Waals surface area contributed by atoms with Crippen LogP contribution < -0.4 is 4.74 Å². The molecule has 3 heteroatoms. The summed E-state index contributed by atoms with van der Waals surface area (Å²) in [6, 6.07) is 5.76. The number of aliphatic hydroxyl groups excluding tert-OH is 1. The van der Waals surface area contributed by atoms with E-state index in [1.54, 1.807) is 7.11 Å². The highest BCUT2D eigenvalue weighted by Crippen LogP contribution is 2.24. The van der Waals surface area contributed by atoms with E-state index in [9.17, 15) is 0 Å². The van der Waals surface area contributed by atoms with E-state index in [-0.39, 0.29) is 6.61 Å². The van der Waals surface area contributed by atoms with Crippen LogP contribution in [-0.2, 0) is 11.3 Å². The third-order valence-electron chi connectivity index (χ3n) is 3.95. The molecule has 0 radical (unpaired) electrons. The zero-order valence-corrected chi connectivity index (χ0v) is 12.7. The summed E-state index contributed by atoms with van der Waals surface area (Å²) >= 11 is 0. The summed E-state index contributed by atoms with van der Waals surface area (Å²) < 4.78 is 11.2. The standard InChI is InChI=1S/C18H24O3/c1-20-18-10-9-16(8-5-11-19)17(12-18)14-21-13-15-6-3-2-4-7-15/h9-10,12,15,19H,2-4,6-7,11,13-14H2,1H3. The first-order valence-electron chi connectivity index (χ1n) is 7.68. The molecule has 0 aromatic heterocycles. The van der Waals surface area contributed by atoms with Crippen molar-refractivity contribution in [1.29, 1.82) is 0 Å². The molecule has 3 nitrogen and oxygen atoms in total. The zero-order chi connectivity index (χ0) is 14.9. The van der Waals surface area contributed by atoms with Crippen LogP contribution in [0.4, 0.5) is 0 Å². The van der Waals surface area contributed by atoms with E-state index >= 15 is 0 Å². The monoisotopic (exact) mass is 288 g/mol. The molecule has 1 aromatic carbocycles. The lowest BCUT2D eigenvalue weighted by atomic mass is 9.90. The Kier molecular flexibility index (Phi) is 6.59. The first-order chi connectivity index (χ1) is 10.3. The number of hydrogen-bond donors (Lipinski definition) is 1. The fourth-order valence-corrected chi connectivity index (χ4v) is 2.76. The summed E-state index contributed by atoms with van der Waals surface area (Å²) in [5.74, 6) is 7.17. The molecule has 2 rings (SSSR count). The van der Waals surface area contributed by atoms with E-state index in [0.717, 1.165) is 23.5 Å². The van der Waals surface area contributed by atoms with Crippen LogP contribution in [0.15, 0.2) is 18.2 Å². The van der Waals surface area contributed by atoms with Crippen LogP contribution in [0, 0.1) is 17.8 Å². The maximum atomic E-state index is 8.84. The van der Waals surface area contributed by atoms with Gasteiger partial charge in [-0.2, -0.15) is 0 Å². The van der Waals surface area contributed by atoms with Crippen LogP contribution in [-0.4, -0.2) is 25.4 Å². The quantitative estimate of drug-likeness (QED) is 0.846. The molecule has 1 N–H and O–H groups in total. The van der Waals surface area contributed by atoms with Crippen molar-refractivity contribution < 1.29 is 14.6 Å². The van der Waals surface area contributed by atoms with Gasteiger partial charge in [0.05, 0.1) is 13.7 Å². The van der Waals surface area contributed by atoms with Gasteiger partial charge in [0.2, 0.25) is 0 Å². The summed E-state index contributed by atoms with van der Waals surface area (Å²) in [5.41, 5.74) is 1.92. The summed E-state index contributed by atoms with van der Waals surface area (Å²) in [6.07, 6.45) is 6.61. The molecule has 0 spiro atoms. The van der Waals surface area contributed by atoms with Crippen LogP contribution in [0.5, 0.6) is 5.75 Å². The number of aliphatic hydroxyl groups is 1. The molecule has 1 aliphatic rings. The predicted octanol–water partition coefficient (Wildman–Crippen LogP) is 3.14. The van der Waals surface area contributed by atoms with Crippen LogP contribution in [0.25, 0.3) is 0 Å². The Morgan fingerprint density at radius 2 is 2.05 bits per heavy atom. The first kappa shape index (κ1) is 15.9. The molecule has 0 amide bonds. The minimum Gasteiger partial charge on any atom is -0.497 e. The first-order valence-corrected chi connectivity index (χ1v) is 7.68. The second-order valence-electron chi connectivity index (χ2n) is 5.50. The molecule has 1 aromatic rings. The van der Waals surface area contributed by atoms with E-state index in [1.165, 1.54) is 32.1 Å². The topological polar surface area (TPSA) is 38.7 Å². The maximum Gasteiger partial charge on any atom is 0.119 e.